The average molecular weight is 436 g/mol. The van der Waals surface area contributed by atoms with Gasteiger partial charge in [-0.25, -0.2) is 0 Å². The molecule has 0 amide bonds. The predicted octanol–water partition coefficient (Wildman–Crippen LogP) is 6.57. The summed E-state index contributed by atoms with van der Waals surface area (Å²) < 4.78 is 61.7. The molecule has 0 N–H and O–H groups in total. The van der Waals surface area contributed by atoms with E-state index < -0.39 is 15.6 Å². The van der Waals surface area contributed by atoms with Crippen molar-refractivity contribution in [2.45, 2.75) is 31.7 Å². The summed E-state index contributed by atoms with van der Waals surface area (Å²) in [4.78, 5) is 0. The van der Waals surface area contributed by atoms with Crippen LogP contribution in [0.1, 0.15) is 26.3 Å². The molecule has 0 fully saturated rings. The molecule has 0 atom stereocenters. The molecule has 160 valence electrons. The molecule has 30 heavy (non-hydrogen) atoms. The SMILES string of the molecule is CC(C)(C)c1ccc(OS(=O)(=O)C(F)(F)F)cc1.c1ccc(-c2ccccc2)cc1. The number of rotatable bonds is 3. The van der Waals surface area contributed by atoms with Crippen molar-refractivity contribution in [2.75, 3.05) is 0 Å². The van der Waals surface area contributed by atoms with Gasteiger partial charge in [0, 0.05) is 0 Å². The van der Waals surface area contributed by atoms with Crippen LogP contribution in [0.3, 0.4) is 0 Å². The molecule has 0 saturated carbocycles. The number of halogens is 3. The van der Waals surface area contributed by atoms with Crippen molar-refractivity contribution in [3.05, 3.63) is 90.5 Å². The topological polar surface area (TPSA) is 43.4 Å². The van der Waals surface area contributed by atoms with Crippen molar-refractivity contribution >= 4 is 10.1 Å². The van der Waals surface area contributed by atoms with Gasteiger partial charge >= 0.3 is 15.6 Å². The van der Waals surface area contributed by atoms with E-state index in [9.17, 15) is 21.6 Å². The fourth-order valence-corrected chi connectivity index (χ4v) is 2.90. The molecule has 3 aromatic rings. The second-order valence-corrected chi connectivity index (χ2v) is 9.03. The summed E-state index contributed by atoms with van der Waals surface area (Å²) in [6, 6.07) is 26.2. The van der Waals surface area contributed by atoms with Crippen LogP contribution in [-0.4, -0.2) is 13.9 Å². The largest absolute Gasteiger partial charge is 0.534 e. The van der Waals surface area contributed by atoms with Crippen molar-refractivity contribution in [3.8, 4) is 16.9 Å². The molecule has 3 aromatic carbocycles. The summed E-state index contributed by atoms with van der Waals surface area (Å²) in [7, 11) is -5.60. The van der Waals surface area contributed by atoms with Gasteiger partial charge in [-0.05, 0) is 34.2 Å². The minimum Gasteiger partial charge on any atom is -0.376 e. The first kappa shape index (κ1) is 23.5. The van der Waals surface area contributed by atoms with Crippen LogP contribution in [0.2, 0.25) is 0 Å². The van der Waals surface area contributed by atoms with E-state index in [0.29, 0.717) is 0 Å². The second-order valence-electron chi connectivity index (χ2n) is 7.49. The van der Waals surface area contributed by atoms with Crippen LogP contribution in [0, 0.1) is 0 Å². The lowest BCUT2D eigenvalue weighted by atomic mass is 9.87. The third kappa shape index (κ3) is 6.62. The van der Waals surface area contributed by atoms with Crippen molar-refractivity contribution < 1.29 is 25.8 Å². The van der Waals surface area contributed by atoms with E-state index >= 15 is 0 Å². The zero-order valence-corrected chi connectivity index (χ0v) is 17.7. The quantitative estimate of drug-likeness (QED) is 0.345. The number of benzene rings is 3. The predicted molar refractivity (Wildman–Crippen MR) is 113 cm³/mol. The Labute approximate surface area is 175 Å². The minimum atomic E-state index is -5.60. The van der Waals surface area contributed by atoms with Gasteiger partial charge in [0.05, 0.1) is 0 Å². The van der Waals surface area contributed by atoms with Crippen molar-refractivity contribution in [3.63, 3.8) is 0 Å². The van der Waals surface area contributed by atoms with E-state index in [1.54, 1.807) is 0 Å². The fraction of sp³-hybridized carbons (Fsp3) is 0.217. The maximum atomic E-state index is 12.1. The summed E-state index contributed by atoms with van der Waals surface area (Å²) in [5.74, 6) is -0.361. The van der Waals surface area contributed by atoms with Crippen LogP contribution in [0.5, 0.6) is 5.75 Å². The average Bonchev–Trinajstić information content (AvgIpc) is 2.68. The number of alkyl halides is 3. The Morgan fingerprint density at radius 2 is 1.07 bits per heavy atom. The first-order chi connectivity index (χ1) is 13.9. The molecule has 0 radical (unpaired) electrons. The van der Waals surface area contributed by atoms with Gasteiger partial charge in [-0.2, -0.15) is 21.6 Å². The van der Waals surface area contributed by atoms with E-state index in [1.807, 2.05) is 32.9 Å². The second kappa shape index (κ2) is 9.34. The maximum absolute atomic E-state index is 12.1. The molecular formula is C23H23F3O3S. The van der Waals surface area contributed by atoms with Crippen molar-refractivity contribution in [1.82, 2.24) is 0 Å². The molecule has 3 nitrogen and oxygen atoms in total. The highest BCUT2D eigenvalue weighted by Crippen LogP contribution is 2.29. The molecular weight excluding hydrogens is 413 g/mol. The van der Waals surface area contributed by atoms with Crippen LogP contribution >= 0.6 is 0 Å². The summed E-state index contributed by atoms with van der Waals surface area (Å²) in [5, 5.41) is 0. The van der Waals surface area contributed by atoms with Gasteiger partial charge in [-0.15, -0.1) is 0 Å². The van der Waals surface area contributed by atoms with E-state index in [0.717, 1.165) is 5.56 Å². The standard InChI is InChI=1S/C12H10.C11H13F3O3S/c1-3-7-11(8-4-1)12-9-5-2-6-10-12;1-10(2,3)8-4-6-9(7-5-8)17-18(15,16)11(12,13)14/h1-10H;4-7H,1-3H3. The van der Waals surface area contributed by atoms with Crippen LogP contribution < -0.4 is 4.18 Å². The Kier molecular flexibility index (Phi) is 7.31. The molecule has 3 rings (SSSR count). The highest BCUT2D eigenvalue weighted by molar-refractivity contribution is 7.88. The van der Waals surface area contributed by atoms with E-state index in [4.69, 9.17) is 0 Å². The highest BCUT2D eigenvalue weighted by atomic mass is 32.2. The van der Waals surface area contributed by atoms with Crippen molar-refractivity contribution in [2.24, 2.45) is 0 Å². The number of hydrogen-bond acceptors (Lipinski definition) is 3. The van der Waals surface area contributed by atoms with Crippen LogP contribution in [0.4, 0.5) is 13.2 Å². The van der Waals surface area contributed by atoms with E-state index in [2.05, 4.69) is 52.7 Å². The molecule has 0 spiro atoms. The van der Waals surface area contributed by atoms with Gasteiger partial charge < -0.3 is 4.18 Å². The smallest absolute Gasteiger partial charge is 0.376 e. The van der Waals surface area contributed by atoms with Gasteiger partial charge in [-0.3, -0.25) is 0 Å². The molecule has 0 bridgehead atoms. The third-order valence-electron chi connectivity index (χ3n) is 4.09. The van der Waals surface area contributed by atoms with Gasteiger partial charge in [0.1, 0.15) is 5.75 Å². The molecule has 0 heterocycles. The maximum Gasteiger partial charge on any atom is 0.534 e. The Hall–Kier alpha value is -2.80. The Balaban J connectivity index is 0.000000230. The summed E-state index contributed by atoms with van der Waals surface area (Å²) in [6.07, 6.45) is 0. The van der Waals surface area contributed by atoms with Gasteiger partial charge in [-0.1, -0.05) is 93.6 Å². The van der Waals surface area contributed by atoms with Crippen LogP contribution in [-0.2, 0) is 15.5 Å². The molecule has 7 heteroatoms. The Morgan fingerprint density at radius 1 is 0.667 bits per heavy atom. The number of hydrogen-bond donors (Lipinski definition) is 0. The summed E-state index contributed by atoms with van der Waals surface area (Å²) >= 11 is 0. The normalized spacial score (nSPS) is 11.9. The summed E-state index contributed by atoms with van der Waals surface area (Å²) in [6.45, 7) is 5.78. The van der Waals surface area contributed by atoms with Crippen molar-refractivity contribution in [1.29, 1.82) is 0 Å². The molecule has 0 aliphatic carbocycles. The lowest BCUT2D eigenvalue weighted by Crippen LogP contribution is -2.28. The van der Waals surface area contributed by atoms with Gasteiger partial charge in [0.2, 0.25) is 0 Å². The molecule has 0 aromatic heterocycles. The van der Waals surface area contributed by atoms with Gasteiger partial charge in [0.25, 0.3) is 0 Å². The molecule has 0 unspecified atom stereocenters. The monoisotopic (exact) mass is 436 g/mol. The summed E-state index contributed by atoms with van der Waals surface area (Å²) in [5.41, 5.74) is -2.19. The van der Waals surface area contributed by atoms with Crippen LogP contribution in [0.15, 0.2) is 84.9 Å². The van der Waals surface area contributed by atoms with Gasteiger partial charge in [0.15, 0.2) is 0 Å². The van der Waals surface area contributed by atoms with E-state index in [-0.39, 0.29) is 11.2 Å². The zero-order chi connectivity index (χ0) is 22.4. The lowest BCUT2D eigenvalue weighted by molar-refractivity contribution is -0.0500. The van der Waals surface area contributed by atoms with E-state index in [1.165, 1.54) is 35.4 Å². The third-order valence-corrected chi connectivity index (χ3v) is 5.07. The first-order valence-electron chi connectivity index (χ1n) is 9.12. The highest BCUT2D eigenvalue weighted by Gasteiger charge is 2.48. The Morgan fingerprint density at radius 3 is 1.40 bits per heavy atom. The van der Waals surface area contributed by atoms with Crippen LogP contribution in [0.25, 0.3) is 11.1 Å². The Bertz CT molecular complexity index is 986. The molecule has 0 aliphatic heterocycles. The molecule has 0 saturated heterocycles. The zero-order valence-electron chi connectivity index (χ0n) is 16.8. The molecule has 0 aliphatic rings. The lowest BCUT2D eigenvalue weighted by Gasteiger charge is -2.19. The fourth-order valence-electron chi connectivity index (χ4n) is 2.45. The minimum absolute atomic E-state index is 0.179. The first-order valence-corrected chi connectivity index (χ1v) is 10.5.